The lowest BCUT2D eigenvalue weighted by Crippen LogP contribution is -2.11. The van der Waals surface area contributed by atoms with Crippen LogP contribution in [0.15, 0.2) is 35.8 Å². The molecule has 0 unspecified atom stereocenters. The Morgan fingerprint density at radius 2 is 2.05 bits per heavy atom. The number of aromatic nitrogens is 2. The third kappa shape index (κ3) is 2.60. The fourth-order valence-electron chi connectivity index (χ4n) is 2.17. The van der Waals surface area contributed by atoms with E-state index in [2.05, 4.69) is 49.0 Å². The number of hydrogen-bond donors (Lipinski definition) is 0. The molecule has 0 saturated heterocycles. The zero-order valence-corrected chi connectivity index (χ0v) is 13.4. The van der Waals surface area contributed by atoms with Gasteiger partial charge in [-0.2, -0.15) is 0 Å². The summed E-state index contributed by atoms with van der Waals surface area (Å²) in [4.78, 5) is 4.75. The van der Waals surface area contributed by atoms with E-state index >= 15 is 0 Å². The molecule has 0 bridgehead atoms. The van der Waals surface area contributed by atoms with E-state index in [0.29, 0.717) is 0 Å². The Bertz CT molecular complexity index is 749. The van der Waals surface area contributed by atoms with Gasteiger partial charge in [0, 0.05) is 27.5 Å². The SMILES string of the molecule is CC(C)(C)c1csc(Cn2ccc3ccc(Cl)cc32)n1. The van der Waals surface area contributed by atoms with Gasteiger partial charge in [0.1, 0.15) is 5.01 Å². The molecule has 4 heteroatoms. The topological polar surface area (TPSA) is 17.8 Å². The minimum Gasteiger partial charge on any atom is -0.341 e. The summed E-state index contributed by atoms with van der Waals surface area (Å²) in [5, 5.41) is 5.27. The molecule has 3 rings (SSSR count). The first-order chi connectivity index (χ1) is 9.43. The van der Waals surface area contributed by atoms with Gasteiger partial charge in [0.15, 0.2) is 0 Å². The first-order valence-electron chi connectivity index (χ1n) is 6.63. The fraction of sp³-hybridized carbons (Fsp3) is 0.312. The molecule has 0 aliphatic carbocycles. The van der Waals surface area contributed by atoms with Crippen LogP contribution in [-0.4, -0.2) is 9.55 Å². The molecule has 2 nitrogen and oxygen atoms in total. The van der Waals surface area contributed by atoms with Gasteiger partial charge in [-0.25, -0.2) is 4.98 Å². The maximum absolute atomic E-state index is 6.09. The first-order valence-corrected chi connectivity index (χ1v) is 7.88. The maximum atomic E-state index is 6.09. The van der Waals surface area contributed by atoms with Gasteiger partial charge in [-0.3, -0.25) is 0 Å². The predicted octanol–water partition coefficient (Wildman–Crippen LogP) is 5.10. The van der Waals surface area contributed by atoms with Gasteiger partial charge in [-0.15, -0.1) is 11.3 Å². The molecule has 0 radical (unpaired) electrons. The normalized spacial score (nSPS) is 12.2. The monoisotopic (exact) mass is 304 g/mol. The van der Waals surface area contributed by atoms with Gasteiger partial charge in [-0.05, 0) is 23.6 Å². The first kappa shape index (κ1) is 13.7. The lowest BCUT2D eigenvalue weighted by Gasteiger charge is -2.14. The Labute approximate surface area is 128 Å². The molecule has 0 atom stereocenters. The van der Waals surface area contributed by atoms with Gasteiger partial charge in [0.2, 0.25) is 0 Å². The minimum absolute atomic E-state index is 0.108. The van der Waals surface area contributed by atoms with Gasteiger partial charge >= 0.3 is 0 Å². The zero-order chi connectivity index (χ0) is 14.3. The highest BCUT2D eigenvalue weighted by Gasteiger charge is 2.17. The van der Waals surface area contributed by atoms with E-state index in [4.69, 9.17) is 16.6 Å². The summed E-state index contributed by atoms with van der Waals surface area (Å²) in [7, 11) is 0. The zero-order valence-electron chi connectivity index (χ0n) is 11.9. The van der Waals surface area contributed by atoms with Gasteiger partial charge in [-0.1, -0.05) is 38.4 Å². The van der Waals surface area contributed by atoms with Crippen LogP contribution >= 0.6 is 22.9 Å². The number of fused-ring (bicyclic) bond motifs is 1. The van der Waals surface area contributed by atoms with Crippen LogP contribution in [-0.2, 0) is 12.0 Å². The van der Waals surface area contributed by atoms with E-state index in [0.717, 1.165) is 27.8 Å². The average Bonchev–Trinajstić information content (AvgIpc) is 2.97. The third-order valence-electron chi connectivity index (χ3n) is 3.36. The second kappa shape index (κ2) is 4.90. The standard InChI is InChI=1S/C16H17ClN2S/c1-16(2,3)14-10-20-15(18-14)9-19-7-6-11-4-5-12(17)8-13(11)19/h4-8,10H,9H2,1-3H3. The van der Waals surface area contributed by atoms with Crippen LogP contribution in [0.2, 0.25) is 5.02 Å². The van der Waals surface area contributed by atoms with Crippen LogP contribution in [0.25, 0.3) is 10.9 Å². The van der Waals surface area contributed by atoms with Gasteiger partial charge in [0.25, 0.3) is 0 Å². The summed E-state index contributed by atoms with van der Waals surface area (Å²) in [6.07, 6.45) is 2.10. The molecular weight excluding hydrogens is 288 g/mol. The smallest absolute Gasteiger partial charge is 0.113 e. The molecule has 0 amide bonds. The van der Waals surface area contributed by atoms with Crippen molar-refractivity contribution in [2.45, 2.75) is 32.7 Å². The second-order valence-electron chi connectivity index (χ2n) is 6.02. The van der Waals surface area contributed by atoms with Crippen LogP contribution in [0, 0.1) is 0 Å². The summed E-state index contributed by atoms with van der Waals surface area (Å²) in [5.41, 5.74) is 2.42. The number of thiazole rings is 1. The predicted molar refractivity (Wildman–Crippen MR) is 86.9 cm³/mol. The molecule has 0 fully saturated rings. The Hall–Kier alpha value is -1.32. The molecule has 0 saturated carbocycles. The summed E-state index contributed by atoms with van der Waals surface area (Å²) >= 11 is 7.81. The molecule has 1 aromatic carbocycles. The number of halogens is 1. The summed E-state index contributed by atoms with van der Waals surface area (Å²) < 4.78 is 2.20. The summed E-state index contributed by atoms with van der Waals surface area (Å²) in [6.45, 7) is 7.37. The molecule has 0 aliphatic rings. The molecule has 2 heterocycles. The molecular formula is C16H17ClN2S. The molecule has 2 aromatic heterocycles. The number of benzene rings is 1. The van der Waals surface area contributed by atoms with Crippen LogP contribution < -0.4 is 0 Å². The Balaban J connectivity index is 1.93. The third-order valence-corrected chi connectivity index (χ3v) is 4.43. The van der Waals surface area contributed by atoms with Crippen LogP contribution in [0.3, 0.4) is 0 Å². The average molecular weight is 305 g/mol. The molecule has 0 spiro atoms. The molecule has 3 aromatic rings. The van der Waals surface area contributed by atoms with E-state index in [1.54, 1.807) is 11.3 Å². The van der Waals surface area contributed by atoms with E-state index in [1.807, 2.05) is 12.1 Å². The van der Waals surface area contributed by atoms with Crippen molar-refractivity contribution in [3.05, 3.63) is 51.6 Å². The van der Waals surface area contributed by atoms with E-state index in [1.165, 1.54) is 5.39 Å². The van der Waals surface area contributed by atoms with Crippen molar-refractivity contribution in [1.82, 2.24) is 9.55 Å². The summed E-state index contributed by atoms with van der Waals surface area (Å²) in [5.74, 6) is 0. The number of nitrogens with zero attached hydrogens (tertiary/aromatic N) is 2. The molecule has 0 N–H and O–H groups in total. The maximum Gasteiger partial charge on any atom is 0.113 e. The Morgan fingerprint density at radius 1 is 1.25 bits per heavy atom. The van der Waals surface area contributed by atoms with E-state index < -0.39 is 0 Å². The van der Waals surface area contributed by atoms with E-state index in [-0.39, 0.29) is 5.41 Å². The van der Waals surface area contributed by atoms with Crippen molar-refractivity contribution in [1.29, 1.82) is 0 Å². The van der Waals surface area contributed by atoms with Gasteiger partial charge in [0.05, 0.1) is 12.2 Å². The summed E-state index contributed by atoms with van der Waals surface area (Å²) in [6, 6.07) is 8.10. The van der Waals surface area contributed by atoms with Crippen molar-refractivity contribution in [2.24, 2.45) is 0 Å². The highest BCUT2D eigenvalue weighted by Crippen LogP contribution is 2.26. The number of hydrogen-bond acceptors (Lipinski definition) is 2. The van der Waals surface area contributed by atoms with Crippen molar-refractivity contribution in [3.63, 3.8) is 0 Å². The number of rotatable bonds is 2. The van der Waals surface area contributed by atoms with Crippen LogP contribution in [0.5, 0.6) is 0 Å². The van der Waals surface area contributed by atoms with Gasteiger partial charge < -0.3 is 4.57 Å². The molecule has 20 heavy (non-hydrogen) atoms. The van der Waals surface area contributed by atoms with Crippen molar-refractivity contribution >= 4 is 33.8 Å². The Morgan fingerprint density at radius 3 is 2.75 bits per heavy atom. The highest BCUT2D eigenvalue weighted by molar-refractivity contribution is 7.09. The van der Waals surface area contributed by atoms with Crippen LogP contribution in [0.1, 0.15) is 31.5 Å². The Kier molecular flexibility index (Phi) is 3.35. The van der Waals surface area contributed by atoms with Crippen molar-refractivity contribution < 1.29 is 0 Å². The molecule has 0 aliphatic heterocycles. The van der Waals surface area contributed by atoms with E-state index in [9.17, 15) is 0 Å². The lowest BCUT2D eigenvalue weighted by molar-refractivity contribution is 0.570. The highest BCUT2D eigenvalue weighted by atomic mass is 35.5. The largest absolute Gasteiger partial charge is 0.341 e. The van der Waals surface area contributed by atoms with Crippen molar-refractivity contribution in [2.75, 3.05) is 0 Å². The second-order valence-corrected chi connectivity index (χ2v) is 7.40. The molecule has 104 valence electrons. The quantitative estimate of drug-likeness (QED) is 0.644. The lowest BCUT2D eigenvalue weighted by atomic mass is 9.93. The van der Waals surface area contributed by atoms with Crippen molar-refractivity contribution in [3.8, 4) is 0 Å². The minimum atomic E-state index is 0.108. The fourth-order valence-corrected chi connectivity index (χ4v) is 3.35. The van der Waals surface area contributed by atoms with Crippen LogP contribution in [0.4, 0.5) is 0 Å².